The average molecular weight is 184 g/mol. The van der Waals surface area contributed by atoms with E-state index in [0.717, 1.165) is 0 Å². The Morgan fingerprint density at radius 3 is 2.36 bits per heavy atom. The van der Waals surface area contributed by atoms with Crippen molar-refractivity contribution in [2.75, 3.05) is 6.61 Å². The Labute approximate surface area is 72.1 Å². The molecule has 0 spiro atoms. The highest BCUT2D eigenvalue weighted by Crippen LogP contribution is 1.89. The lowest BCUT2D eigenvalue weighted by Crippen LogP contribution is -2.35. The highest BCUT2D eigenvalue weighted by molar-refractivity contribution is 5.85. The van der Waals surface area contributed by atoms with Crippen LogP contribution in [0.1, 0.15) is 13.8 Å². The fourth-order valence-corrected chi connectivity index (χ4v) is 0.367. The molecule has 68 valence electrons. The third kappa shape index (κ3) is 7.58. The van der Waals surface area contributed by atoms with Crippen LogP contribution in [0, 0.1) is 0 Å². The van der Waals surface area contributed by atoms with E-state index in [1.54, 1.807) is 0 Å². The summed E-state index contributed by atoms with van der Waals surface area (Å²) in [4.78, 5) is 10.1. The molecule has 0 aliphatic carbocycles. The van der Waals surface area contributed by atoms with Crippen LogP contribution in [0.4, 0.5) is 0 Å². The average Bonchev–Trinajstić information content (AvgIpc) is 1.82. The molecule has 0 aromatic rings. The van der Waals surface area contributed by atoms with Crippen molar-refractivity contribution in [3.63, 3.8) is 0 Å². The first kappa shape index (κ1) is 13.3. The van der Waals surface area contributed by atoms with Crippen molar-refractivity contribution in [1.82, 2.24) is 0 Å². The normalized spacial score (nSPS) is 12.4. The van der Waals surface area contributed by atoms with E-state index in [0.29, 0.717) is 0 Å². The lowest BCUT2D eigenvalue weighted by molar-refractivity contribution is -0.140. The van der Waals surface area contributed by atoms with Crippen molar-refractivity contribution in [3.05, 3.63) is 0 Å². The van der Waals surface area contributed by atoms with Crippen molar-refractivity contribution in [2.24, 2.45) is 5.73 Å². The van der Waals surface area contributed by atoms with Gasteiger partial charge in [0.25, 0.3) is 0 Å². The molecule has 0 aliphatic heterocycles. The molecule has 0 aromatic heterocycles. The summed E-state index contributed by atoms with van der Waals surface area (Å²) in [5, 5.41) is 8.29. The van der Waals surface area contributed by atoms with Gasteiger partial charge in [0.1, 0.15) is 6.04 Å². The zero-order chi connectivity index (χ0) is 8.15. The fraction of sp³-hybridized carbons (Fsp3) is 0.833. The molecule has 0 amide bonds. The van der Waals surface area contributed by atoms with E-state index < -0.39 is 12.0 Å². The van der Waals surface area contributed by atoms with Gasteiger partial charge in [-0.05, 0) is 13.8 Å². The summed E-state index contributed by atoms with van der Waals surface area (Å²) in [5.41, 5.74) is 5.14. The highest BCUT2D eigenvalue weighted by atomic mass is 35.5. The van der Waals surface area contributed by atoms with Crippen LogP contribution in [-0.4, -0.2) is 29.8 Å². The van der Waals surface area contributed by atoms with E-state index in [9.17, 15) is 4.79 Å². The van der Waals surface area contributed by atoms with Gasteiger partial charge in [-0.1, -0.05) is 0 Å². The Balaban J connectivity index is 0. The molecule has 1 atom stereocenters. The monoisotopic (exact) mass is 183 g/mol. The van der Waals surface area contributed by atoms with Crippen molar-refractivity contribution < 1.29 is 14.6 Å². The molecule has 0 bridgehead atoms. The minimum atomic E-state index is -1.03. The topological polar surface area (TPSA) is 72.5 Å². The maximum absolute atomic E-state index is 10.1. The second-order valence-electron chi connectivity index (χ2n) is 2.33. The Kier molecular flexibility index (Phi) is 7.72. The number of rotatable bonds is 4. The van der Waals surface area contributed by atoms with E-state index in [4.69, 9.17) is 15.6 Å². The Hall–Kier alpha value is -0.320. The van der Waals surface area contributed by atoms with Crippen molar-refractivity contribution >= 4 is 18.4 Å². The van der Waals surface area contributed by atoms with E-state index >= 15 is 0 Å². The maximum Gasteiger partial charge on any atom is 0.322 e. The molecule has 0 aromatic carbocycles. The molecular formula is C6H14ClNO3. The van der Waals surface area contributed by atoms with Crippen LogP contribution in [0.25, 0.3) is 0 Å². The molecule has 0 heterocycles. The van der Waals surface area contributed by atoms with E-state index in [1.165, 1.54) is 0 Å². The Morgan fingerprint density at radius 2 is 2.09 bits per heavy atom. The second-order valence-corrected chi connectivity index (χ2v) is 2.33. The second kappa shape index (κ2) is 6.39. The van der Waals surface area contributed by atoms with Gasteiger partial charge in [-0.3, -0.25) is 4.79 Å². The number of carboxylic acids is 1. The summed E-state index contributed by atoms with van der Waals surface area (Å²) in [6, 6.07) is -0.901. The number of hydrogen-bond acceptors (Lipinski definition) is 3. The number of halogens is 1. The summed E-state index contributed by atoms with van der Waals surface area (Å²) in [6.45, 7) is 3.73. The van der Waals surface area contributed by atoms with Gasteiger partial charge < -0.3 is 15.6 Å². The van der Waals surface area contributed by atoms with Crippen molar-refractivity contribution in [2.45, 2.75) is 26.0 Å². The molecule has 0 saturated heterocycles. The van der Waals surface area contributed by atoms with Crippen molar-refractivity contribution in [3.8, 4) is 0 Å². The maximum atomic E-state index is 10.1. The van der Waals surface area contributed by atoms with Crippen LogP contribution in [0.15, 0.2) is 0 Å². The van der Waals surface area contributed by atoms with Gasteiger partial charge >= 0.3 is 5.97 Å². The molecular weight excluding hydrogens is 170 g/mol. The van der Waals surface area contributed by atoms with Crippen LogP contribution < -0.4 is 5.73 Å². The molecule has 0 fully saturated rings. The largest absolute Gasteiger partial charge is 0.480 e. The predicted octanol–water partition coefficient (Wildman–Crippen LogP) is 0.245. The number of carboxylic acid groups (broad SMARTS) is 1. The van der Waals surface area contributed by atoms with Gasteiger partial charge in [-0.25, -0.2) is 0 Å². The standard InChI is InChI=1S/C6H13NO3.ClH/c1-4(2)10-3-5(7)6(8)9;/h4-5H,3,7H2,1-2H3,(H,8,9);1H/t5-;/m1./s1. The molecule has 0 aliphatic rings. The summed E-state index contributed by atoms with van der Waals surface area (Å²) in [6.07, 6.45) is 0.0328. The van der Waals surface area contributed by atoms with Crippen LogP contribution in [-0.2, 0) is 9.53 Å². The van der Waals surface area contributed by atoms with Gasteiger partial charge in [0, 0.05) is 0 Å². The van der Waals surface area contributed by atoms with Crippen LogP contribution in [0.5, 0.6) is 0 Å². The Morgan fingerprint density at radius 1 is 1.64 bits per heavy atom. The zero-order valence-corrected chi connectivity index (χ0v) is 7.43. The van der Waals surface area contributed by atoms with Crippen LogP contribution >= 0.6 is 12.4 Å². The smallest absolute Gasteiger partial charge is 0.322 e. The number of aliphatic carboxylic acids is 1. The minimum absolute atomic E-state index is 0. The number of carbonyl (C=O) groups is 1. The zero-order valence-electron chi connectivity index (χ0n) is 6.61. The first-order chi connectivity index (χ1) is 4.54. The van der Waals surface area contributed by atoms with Crippen LogP contribution in [0.2, 0.25) is 0 Å². The number of nitrogens with two attached hydrogens (primary N) is 1. The molecule has 11 heavy (non-hydrogen) atoms. The predicted molar refractivity (Wildman–Crippen MR) is 43.9 cm³/mol. The number of ether oxygens (including phenoxy) is 1. The quantitative estimate of drug-likeness (QED) is 0.655. The fourth-order valence-electron chi connectivity index (χ4n) is 0.367. The summed E-state index contributed by atoms with van der Waals surface area (Å²) >= 11 is 0. The molecule has 0 saturated carbocycles. The molecule has 4 nitrogen and oxygen atoms in total. The minimum Gasteiger partial charge on any atom is -0.480 e. The molecule has 5 heteroatoms. The van der Waals surface area contributed by atoms with E-state index in [-0.39, 0.29) is 25.1 Å². The lowest BCUT2D eigenvalue weighted by atomic mass is 10.3. The summed E-state index contributed by atoms with van der Waals surface area (Å²) in [7, 11) is 0. The Bertz CT molecular complexity index is 118. The third-order valence-corrected chi connectivity index (χ3v) is 0.926. The molecule has 0 rings (SSSR count). The van der Waals surface area contributed by atoms with Gasteiger partial charge in [-0.2, -0.15) is 0 Å². The number of hydrogen-bond donors (Lipinski definition) is 2. The SMILES string of the molecule is CC(C)OC[C@@H](N)C(=O)O.Cl. The first-order valence-corrected chi connectivity index (χ1v) is 3.14. The van der Waals surface area contributed by atoms with Crippen LogP contribution in [0.3, 0.4) is 0 Å². The first-order valence-electron chi connectivity index (χ1n) is 3.14. The van der Waals surface area contributed by atoms with E-state index in [1.807, 2.05) is 13.8 Å². The lowest BCUT2D eigenvalue weighted by Gasteiger charge is -2.09. The van der Waals surface area contributed by atoms with E-state index in [2.05, 4.69) is 0 Å². The summed E-state index contributed by atoms with van der Waals surface area (Å²) < 4.78 is 4.96. The molecule has 0 unspecified atom stereocenters. The van der Waals surface area contributed by atoms with Gasteiger partial charge in [0.15, 0.2) is 0 Å². The van der Waals surface area contributed by atoms with Gasteiger partial charge in [0.05, 0.1) is 12.7 Å². The summed E-state index contributed by atoms with van der Waals surface area (Å²) in [5.74, 6) is -1.03. The third-order valence-electron chi connectivity index (χ3n) is 0.926. The van der Waals surface area contributed by atoms with Gasteiger partial charge in [-0.15, -0.1) is 12.4 Å². The molecule has 3 N–H and O–H groups in total. The van der Waals surface area contributed by atoms with Gasteiger partial charge in [0.2, 0.25) is 0 Å². The van der Waals surface area contributed by atoms with Crippen molar-refractivity contribution in [1.29, 1.82) is 0 Å². The molecule has 0 radical (unpaired) electrons. The highest BCUT2D eigenvalue weighted by Gasteiger charge is 2.11.